The van der Waals surface area contributed by atoms with Crippen molar-refractivity contribution in [3.05, 3.63) is 60.8 Å². The summed E-state index contributed by atoms with van der Waals surface area (Å²) >= 11 is 0. The first kappa shape index (κ1) is 52.7. The van der Waals surface area contributed by atoms with E-state index in [-0.39, 0.29) is 32.2 Å². The van der Waals surface area contributed by atoms with Gasteiger partial charge in [0.1, 0.15) is 19.8 Å². The minimum atomic E-state index is -4.40. The van der Waals surface area contributed by atoms with Gasteiger partial charge in [0.2, 0.25) is 0 Å². The van der Waals surface area contributed by atoms with Gasteiger partial charge in [0.25, 0.3) is 0 Å². The van der Waals surface area contributed by atoms with E-state index in [9.17, 15) is 24.2 Å². The summed E-state index contributed by atoms with van der Waals surface area (Å²) in [5, 5.41) is 9.48. The predicted octanol–water partition coefficient (Wildman–Crippen LogP) is 10.7. The fraction of sp³-hybridized carbons (Fsp3) is 0.727. The fourth-order valence-corrected chi connectivity index (χ4v) is 5.98. The van der Waals surface area contributed by atoms with Crippen LogP contribution in [0, 0.1) is 0 Å². The molecule has 2 N–H and O–H groups in total. The molecule has 0 rings (SSSR count). The first-order valence-corrected chi connectivity index (χ1v) is 22.6. The molecule has 0 saturated heterocycles. The maximum Gasteiger partial charge on any atom is 0.472 e. The zero-order chi connectivity index (χ0) is 40.9. The van der Waals surface area contributed by atoms with Crippen LogP contribution in [-0.4, -0.2) is 86.1 Å². The van der Waals surface area contributed by atoms with Crippen molar-refractivity contribution in [3.8, 4) is 0 Å². The number of carbonyl (C=O) groups excluding carboxylic acids is 2. The van der Waals surface area contributed by atoms with Crippen LogP contribution >= 0.6 is 7.82 Å². The first-order chi connectivity index (χ1) is 26.4. The Hall–Kier alpha value is -2.33. The van der Waals surface area contributed by atoms with Crippen LogP contribution in [0.2, 0.25) is 0 Å². The number of allylic oxidation sites excluding steroid dienone is 9. The molecule has 1 unspecified atom stereocenters. The Bertz CT molecular complexity index is 1140. The summed E-state index contributed by atoms with van der Waals surface area (Å²) in [6, 6.07) is 0. The number of hydrogen-bond donors (Lipinski definition) is 2. The average molecular weight is 797 g/mol. The summed E-state index contributed by atoms with van der Waals surface area (Å²) in [6.45, 7) is 4.00. The Morgan fingerprint density at radius 2 is 1.18 bits per heavy atom. The molecule has 0 aromatic heterocycles. The Morgan fingerprint density at radius 3 is 1.75 bits per heavy atom. The van der Waals surface area contributed by atoms with E-state index in [0.29, 0.717) is 30.3 Å². The normalized spacial score (nSPS) is 14.8. The molecule has 0 radical (unpaired) electrons. The molecular weight excluding hydrogens is 717 g/mol. The standard InChI is InChI=1S/C44H78NO9P/c1-6-8-9-10-11-12-13-16-20-23-26-29-32-35-43(47)51-39-42(40-53-55(49,50)52-38-37-45(3,4)5)54-44(48)36-33-30-27-24-21-18-15-14-17-19-22-25-28-31-34-41(46)7-2/h15,17-19,24-25,27-28,31,34,41-42,46H,6-14,16,20-23,26,29-30,32-33,35-40H2,1-5H3/p+1/b18-15-,19-17-,27-24-,28-25-,34-31+/t41-,42-/m1/s1. The number of rotatable bonds is 37. The molecule has 3 atom stereocenters. The number of unbranched alkanes of at least 4 members (excludes halogenated alkanes) is 13. The summed E-state index contributed by atoms with van der Waals surface area (Å²) in [4.78, 5) is 35.3. The molecule has 55 heavy (non-hydrogen) atoms. The van der Waals surface area contributed by atoms with Gasteiger partial charge in [0.05, 0.1) is 33.9 Å². The molecular formula is C44H79NO9P+. The lowest BCUT2D eigenvalue weighted by Crippen LogP contribution is -2.37. The van der Waals surface area contributed by atoms with Gasteiger partial charge >= 0.3 is 19.8 Å². The number of aliphatic hydroxyl groups is 1. The summed E-state index contributed by atoms with van der Waals surface area (Å²) in [5.74, 6) is -0.889. The highest BCUT2D eigenvalue weighted by Crippen LogP contribution is 2.43. The van der Waals surface area contributed by atoms with E-state index in [1.807, 2.05) is 52.4 Å². The quantitative estimate of drug-likeness (QED) is 0.0158. The van der Waals surface area contributed by atoms with Crippen LogP contribution in [0.1, 0.15) is 149 Å². The van der Waals surface area contributed by atoms with E-state index in [0.717, 1.165) is 38.5 Å². The first-order valence-electron chi connectivity index (χ1n) is 21.1. The molecule has 0 aromatic carbocycles. The lowest BCUT2D eigenvalue weighted by Gasteiger charge is -2.24. The van der Waals surface area contributed by atoms with Gasteiger partial charge in [0.15, 0.2) is 6.10 Å². The molecule has 0 aliphatic rings. The van der Waals surface area contributed by atoms with Gasteiger partial charge in [0, 0.05) is 12.8 Å². The van der Waals surface area contributed by atoms with Crippen LogP contribution in [0.3, 0.4) is 0 Å². The number of likely N-dealkylation sites (N-methyl/N-ethyl adjacent to an activating group) is 1. The molecule has 10 nitrogen and oxygen atoms in total. The van der Waals surface area contributed by atoms with Gasteiger partial charge in [-0.05, 0) is 44.9 Å². The third-order valence-corrected chi connectivity index (χ3v) is 9.70. The van der Waals surface area contributed by atoms with Gasteiger partial charge in [-0.25, -0.2) is 4.57 Å². The number of ether oxygens (including phenoxy) is 2. The fourth-order valence-electron chi connectivity index (χ4n) is 5.24. The van der Waals surface area contributed by atoms with Crippen molar-refractivity contribution in [1.29, 1.82) is 0 Å². The molecule has 0 aliphatic carbocycles. The number of phosphoric acid groups is 1. The summed E-state index contributed by atoms with van der Waals surface area (Å²) in [5.41, 5.74) is 0. The minimum Gasteiger partial charge on any atom is -0.462 e. The van der Waals surface area contributed by atoms with Crippen LogP contribution in [0.5, 0.6) is 0 Å². The third-order valence-electron chi connectivity index (χ3n) is 8.72. The van der Waals surface area contributed by atoms with Gasteiger partial charge in [-0.3, -0.25) is 18.6 Å². The number of phosphoric ester groups is 1. The van der Waals surface area contributed by atoms with Crippen molar-refractivity contribution < 1.29 is 47.2 Å². The van der Waals surface area contributed by atoms with Crippen molar-refractivity contribution in [2.45, 2.75) is 161 Å². The SMILES string of the molecule is CCCCCCCCCCCCCCCC(=O)OC[C@H](COP(=O)(O)OCC[N+](C)(C)C)OC(=O)CCC/C=C\C/C=C\C/C=C\C/C=C\C=C\[C@H](O)CC. The minimum absolute atomic E-state index is 0.0130. The van der Waals surface area contributed by atoms with Gasteiger partial charge in [-0.2, -0.15) is 0 Å². The van der Waals surface area contributed by atoms with E-state index < -0.39 is 32.5 Å². The molecule has 318 valence electrons. The predicted molar refractivity (Wildman–Crippen MR) is 225 cm³/mol. The zero-order valence-corrected chi connectivity index (χ0v) is 36.1. The van der Waals surface area contributed by atoms with Crippen LogP contribution in [0.4, 0.5) is 0 Å². The number of quaternary nitrogens is 1. The second-order valence-electron chi connectivity index (χ2n) is 15.2. The molecule has 0 fully saturated rings. The van der Waals surface area contributed by atoms with Crippen molar-refractivity contribution in [2.24, 2.45) is 0 Å². The molecule has 0 heterocycles. The third kappa shape index (κ3) is 39.7. The van der Waals surface area contributed by atoms with E-state index in [4.69, 9.17) is 18.5 Å². The van der Waals surface area contributed by atoms with Crippen molar-refractivity contribution in [1.82, 2.24) is 0 Å². The summed E-state index contributed by atoms with van der Waals surface area (Å²) in [7, 11) is 1.41. The monoisotopic (exact) mass is 797 g/mol. The average Bonchev–Trinajstić information content (AvgIpc) is 3.13. The van der Waals surface area contributed by atoms with Gasteiger partial charge < -0.3 is 24.0 Å². The van der Waals surface area contributed by atoms with Crippen LogP contribution in [0.25, 0.3) is 0 Å². The number of esters is 2. The smallest absolute Gasteiger partial charge is 0.462 e. The molecule has 11 heteroatoms. The topological polar surface area (TPSA) is 129 Å². The molecule has 0 saturated carbocycles. The zero-order valence-electron chi connectivity index (χ0n) is 35.3. The van der Waals surface area contributed by atoms with E-state index in [1.165, 1.54) is 64.2 Å². The van der Waals surface area contributed by atoms with Crippen LogP contribution in [0.15, 0.2) is 60.8 Å². The Kier molecular flexibility index (Phi) is 34.5. The van der Waals surface area contributed by atoms with E-state index in [2.05, 4.69) is 37.3 Å². The molecule has 0 amide bonds. The van der Waals surface area contributed by atoms with Crippen LogP contribution in [-0.2, 0) is 32.7 Å². The summed E-state index contributed by atoms with van der Waals surface area (Å²) < 4.78 is 34.2. The van der Waals surface area contributed by atoms with E-state index in [1.54, 1.807) is 6.08 Å². The Balaban J connectivity index is 4.51. The number of aliphatic hydroxyl groups excluding tert-OH is 1. The lowest BCUT2D eigenvalue weighted by atomic mass is 10.0. The molecule has 0 aromatic rings. The molecule has 0 aliphatic heterocycles. The second kappa shape index (κ2) is 36.0. The van der Waals surface area contributed by atoms with Crippen molar-refractivity contribution in [3.63, 3.8) is 0 Å². The highest BCUT2D eigenvalue weighted by Gasteiger charge is 2.27. The number of hydrogen-bond acceptors (Lipinski definition) is 8. The lowest BCUT2D eigenvalue weighted by molar-refractivity contribution is -0.870. The Morgan fingerprint density at radius 1 is 0.655 bits per heavy atom. The second-order valence-corrected chi connectivity index (χ2v) is 16.7. The highest BCUT2D eigenvalue weighted by molar-refractivity contribution is 7.47. The van der Waals surface area contributed by atoms with Crippen molar-refractivity contribution in [2.75, 3.05) is 47.5 Å². The highest BCUT2D eigenvalue weighted by atomic mass is 31.2. The van der Waals surface area contributed by atoms with Crippen molar-refractivity contribution >= 4 is 19.8 Å². The number of carbonyl (C=O) groups is 2. The maximum absolute atomic E-state index is 12.6. The van der Waals surface area contributed by atoms with Gasteiger partial charge in [-0.1, -0.05) is 152 Å². The van der Waals surface area contributed by atoms with Gasteiger partial charge in [-0.15, -0.1) is 0 Å². The molecule has 0 bridgehead atoms. The molecule has 0 spiro atoms. The van der Waals surface area contributed by atoms with Crippen LogP contribution < -0.4 is 0 Å². The van der Waals surface area contributed by atoms with E-state index >= 15 is 0 Å². The maximum atomic E-state index is 12.6. The summed E-state index contributed by atoms with van der Waals surface area (Å²) in [6.07, 6.45) is 39.4. The number of nitrogens with zero attached hydrogens (tertiary/aromatic N) is 1. The Labute approximate surface area is 335 Å². The largest absolute Gasteiger partial charge is 0.472 e.